The molecule has 0 radical (unpaired) electrons. The van der Waals surface area contributed by atoms with E-state index >= 15 is 0 Å². The predicted molar refractivity (Wildman–Crippen MR) is 36.6 cm³/mol. The van der Waals surface area contributed by atoms with Crippen LogP contribution in [0.25, 0.3) is 0 Å². The molecule has 0 atom stereocenters. The Balaban J connectivity index is 4.23. The van der Waals surface area contributed by atoms with Gasteiger partial charge >= 0.3 is 0 Å². The van der Waals surface area contributed by atoms with E-state index in [9.17, 15) is 4.79 Å². The van der Waals surface area contributed by atoms with E-state index in [0.717, 1.165) is 0 Å². The van der Waals surface area contributed by atoms with E-state index in [4.69, 9.17) is 5.73 Å². The summed E-state index contributed by atoms with van der Waals surface area (Å²) < 4.78 is 0. The average Bonchev–Trinajstić information content (AvgIpc) is 1.64. The third-order valence-corrected chi connectivity index (χ3v) is 1.37. The molecule has 0 aliphatic carbocycles. The summed E-state index contributed by atoms with van der Waals surface area (Å²) in [4.78, 5) is 10.7. The van der Waals surface area contributed by atoms with Gasteiger partial charge < -0.3 is 5.73 Å². The molecule has 2 nitrogen and oxygen atoms in total. The number of ketones is 1. The lowest BCUT2D eigenvalue weighted by Crippen LogP contribution is -2.00. The van der Waals surface area contributed by atoms with Crippen LogP contribution in [0.1, 0.15) is 13.8 Å². The number of hydrogen-bond donors (Lipinski definition) is 2. The summed E-state index contributed by atoms with van der Waals surface area (Å²) in [5, 5.41) is 0. The molecule has 0 bridgehead atoms. The molecule has 8 heavy (non-hydrogen) atoms. The van der Waals surface area contributed by atoms with Crippen molar-refractivity contribution in [3.8, 4) is 0 Å². The second-order valence-corrected chi connectivity index (χ2v) is 2.04. The SMILES string of the molecule is CC(=O)/C(S)=C(\C)N. The Morgan fingerprint density at radius 3 is 1.88 bits per heavy atom. The summed E-state index contributed by atoms with van der Waals surface area (Å²) in [5.74, 6) is -0.0895. The van der Waals surface area contributed by atoms with Crippen LogP contribution in [-0.4, -0.2) is 5.78 Å². The van der Waals surface area contributed by atoms with Crippen LogP contribution in [0.2, 0.25) is 0 Å². The predicted octanol–water partition coefficient (Wildman–Crippen LogP) is 0.695. The van der Waals surface area contributed by atoms with Crippen LogP contribution in [0.3, 0.4) is 0 Å². The zero-order valence-corrected chi connectivity index (χ0v) is 5.83. The molecule has 0 aromatic heterocycles. The van der Waals surface area contributed by atoms with Gasteiger partial charge in [-0.15, -0.1) is 12.6 Å². The first kappa shape index (κ1) is 7.56. The first-order valence-corrected chi connectivity index (χ1v) is 2.66. The fourth-order valence-electron chi connectivity index (χ4n) is 0.278. The normalized spacial score (nSPS) is 12.9. The minimum atomic E-state index is -0.0895. The number of nitrogens with two attached hydrogens (primary N) is 1. The number of carbonyl (C=O) groups excluding carboxylic acids is 1. The molecule has 0 heterocycles. The zero-order valence-electron chi connectivity index (χ0n) is 4.93. The topological polar surface area (TPSA) is 43.1 Å². The molecule has 0 fully saturated rings. The fraction of sp³-hybridized carbons (Fsp3) is 0.400. The third kappa shape index (κ3) is 2.02. The highest BCUT2D eigenvalue weighted by molar-refractivity contribution is 7.85. The Kier molecular flexibility index (Phi) is 2.62. The van der Waals surface area contributed by atoms with Crippen LogP contribution in [0, 0.1) is 0 Å². The van der Waals surface area contributed by atoms with Crippen molar-refractivity contribution in [2.24, 2.45) is 5.73 Å². The zero-order chi connectivity index (χ0) is 6.73. The van der Waals surface area contributed by atoms with Gasteiger partial charge in [-0.25, -0.2) is 0 Å². The van der Waals surface area contributed by atoms with Gasteiger partial charge in [0.05, 0.1) is 4.91 Å². The van der Waals surface area contributed by atoms with E-state index in [-0.39, 0.29) is 5.78 Å². The lowest BCUT2D eigenvalue weighted by molar-refractivity contribution is -0.113. The molecular weight excluding hydrogens is 122 g/mol. The van der Waals surface area contributed by atoms with E-state index < -0.39 is 0 Å². The minimum Gasteiger partial charge on any atom is -0.401 e. The Labute approximate surface area is 54.2 Å². The molecule has 0 amide bonds. The van der Waals surface area contributed by atoms with Gasteiger partial charge in [0.2, 0.25) is 0 Å². The highest BCUT2D eigenvalue weighted by Crippen LogP contribution is 2.03. The maximum atomic E-state index is 10.4. The molecule has 0 aromatic carbocycles. The van der Waals surface area contributed by atoms with Gasteiger partial charge in [-0.2, -0.15) is 0 Å². The molecule has 2 N–H and O–H groups in total. The van der Waals surface area contributed by atoms with Gasteiger partial charge in [0.15, 0.2) is 5.78 Å². The molecule has 0 aliphatic rings. The van der Waals surface area contributed by atoms with Crippen LogP contribution in [-0.2, 0) is 4.79 Å². The first-order chi connectivity index (χ1) is 3.55. The summed E-state index contributed by atoms with van der Waals surface area (Å²) in [7, 11) is 0. The molecule has 0 saturated heterocycles. The van der Waals surface area contributed by atoms with Gasteiger partial charge in [-0.05, 0) is 13.8 Å². The quantitative estimate of drug-likeness (QED) is 0.406. The molecule has 0 unspecified atom stereocenters. The van der Waals surface area contributed by atoms with Crippen LogP contribution >= 0.6 is 12.6 Å². The van der Waals surface area contributed by atoms with E-state index in [1.807, 2.05) is 0 Å². The lowest BCUT2D eigenvalue weighted by atomic mass is 10.3. The summed E-state index contributed by atoms with van der Waals surface area (Å²) in [6.45, 7) is 3.07. The lowest BCUT2D eigenvalue weighted by Gasteiger charge is -1.93. The van der Waals surface area contributed by atoms with Crippen molar-refractivity contribution in [2.75, 3.05) is 0 Å². The van der Waals surface area contributed by atoms with Gasteiger partial charge in [-0.3, -0.25) is 4.79 Å². The first-order valence-electron chi connectivity index (χ1n) is 2.22. The number of carbonyl (C=O) groups is 1. The molecule has 46 valence electrons. The fourth-order valence-corrected chi connectivity index (χ4v) is 0.278. The Hall–Kier alpha value is -0.440. The number of thiol groups is 1. The molecule has 0 aromatic rings. The monoisotopic (exact) mass is 131 g/mol. The second-order valence-electron chi connectivity index (χ2n) is 1.59. The summed E-state index contributed by atoms with van der Waals surface area (Å²) >= 11 is 3.82. The Morgan fingerprint density at radius 2 is 1.88 bits per heavy atom. The van der Waals surface area contributed by atoms with Crippen LogP contribution in [0.15, 0.2) is 10.6 Å². The minimum absolute atomic E-state index is 0.0895. The van der Waals surface area contributed by atoms with E-state index in [0.29, 0.717) is 10.6 Å². The van der Waals surface area contributed by atoms with Crippen LogP contribution in [0.5, 0.6) is 0 Å². The standard InChI is InChI=1S/C5H9NOS/c1-3(6)5(8)4(2)7/h8H,6H2,1-2H3/b5-3-. The number of hydrogen-bond acceptors (Lipinski definition) is 3. The van der Waals surface area contributed by atoms with Crippen LogP contribution in [0.4, 0.5) is 0 Å². The Morgan fingerprint density at radius 1 is 1.50 bits per heavy atom. The van der Waals surface area contributed by atoms with Crippen molar-refractivity contribution in [3.63, 3.8) is 0 Å². The largest absolute Gasteiger partial charge is 0.401 e. The van der Waals surface area contributed by atoms with E-state index in [2.05, 4.69) is 12.6 Å². The number of allylic oxidation sites excluding steroid dienone is 2. The van der Waals surface area contributed by atoms with Crippen molar-refractivity contribution in [3.05, 3.63) is 10.6 Å². The second kappa shape index (κ2) is 2.77. The molecule has 0 saturated carbocycles. The van der Waals surface area contributed by atoms with Crippen molar-refractivity contribution in [1.82, 2.24) is 0 Å². The maximum absolute atomic E-state index is 10.4. The molecule has 0 aliphatic heterocycles. The maximum Gasteiger partial charge on any atom is 0.167 e. The van der Waals surface area contributed by atoms with Crippen LogP contribution < -0.4 is 5.73 Å². The van der Waals surface area contributed by atoms with Crippen molar-refractivity contribution in [1.29, 1.82) is 0 Å². The molecule has 0 spiro atoms. The Bertz CT molecular complexity index is 135. The molecular formula is C5H9NOS. The smallest absolute Gasteiger partial charge is 0.167 e. The van der Waals surface area contributed by atoms with Gasteiger partial charge in [-0.1, -0.05) is 0 Å². The van der Waals surface area contributed by atoms with Gasteiger partial charge in [0, 0.05) is 5.70 Å². The van der Waals surface area contributed by atoms with E-state index in [1.54, 1.807) is 6.92 Å². The van der Waals surface area contributed by atoms with Gasteiger partial charge in [0.1, 0.15) is 0 Å². The summed E-state index contributed by atoms with van der Waals surface area (Å²) in [6, 6.07) is 0. The van der Waals surface area contributed by atoms with Crippen molar-refractivity contribution < 1.29 is 4.79 Å². The average molecular weight is 131 g/mol. The summed E-state index contributed by atoms with van der Waals surface area (Å²) in [5.41, 5.74) is 5.69. The molecule has 3 heteroatoms. The highest BCUT2D eigenvalue weighted by atomic mass is 32.1. The van der Waals surface area contributed by atoms with Gasteiger partial charge in [0.25, 0.3) is 0 Å². The summed E-state index contributed by atoms with van der Waals surface area (Å²) in [6.07, 6.45) is 0. The third-order valence-electron chi connectivity index (χ3n) is 0.707. The molecule has 0 rings (SSSR count). The van der Waals surface area contributed by atoms with Crippen molar-refractivity contribution in [2.45, 2.75) is 13.8 Å². The van der Waals surface area contributed by atoms with E-state index in [1.165, 1.54) is 6.92 Å². The number of rotatable bonds is 1. The van der Waals surface area contributed by atoms with Crippen molar-refractivity contribution >= 4 is 18.4 Å². The number of Topliss-reactive ketones (excluding diaryl/α,β-unsaturated/α-hetero) is 1. The highest BCUT2D eigenvalue weighted by Gasteiger charge is 1.97.